The molecule has 2 aromatic rings. The smallest absolute Gasteiger partial charge is 0.303 e. The second kappa shape index (κ2) is 10.7. The van der Waals surface area contributed by atoms with Gasteiger partial charge in [0.1, 0.15) is 5.75 Å². The first kappa shape index (κ1) is 21.0. The summed E-state index contributed by atoms with van der Waals surface area (Å²) >= 11 is 0. The Morgan fingerprint density at radius 1 is 1.07 bits per heavy atom. The fourth-order valence-corrected chi connectivity index (χ4v) is 2.65. The molecular formula is C21H24N2O5. The highest BCUT2D eigenvalue weighted by Crippen LogP contribution is 2.12. The zero-order valence-corrected chi connectivity index (χ0v) is 15.8. The average molecular weight is 384 g/mol. The maximum atomic E-state index is 12.6. The average Bonchev–Trinajstić information content (AvgIpc) is 2.71. The number of hydrogen-bond acceptors (Lipinski definition) is 4. The van der Waals surface area contributed by atoms with Gasteiger partial charge < -0.3 is 20.1 Å². The molecule has 0 bridgehead atoms. The van der Waals surface area contributed by atoms with Gasteiger partial charge in [-0.15, -0.1) is 0 Å². The molecule has 0 aliphatic rings. The van der Waals surface area contributed by atoms with E-state index in [1.54, 1.807) is 29.2 Å². The van der Waals surface area contributed by atoms with Crippen LogP contribution in [0.3, 0.4) is 0 Å². The Kier molecular flexibility index (Phi) is 8.02. The highest BCUT2D eigenvalue weighted by atomic mass is 16.5. The van der Waals surface area contributed by atoms with Crippen LogP contribution in [0.2, 0.25) is 0 Å². The Hall–Kier alpha value is -3.35. The molecule has 0 atom stereocenters. The maximum absolute atomic E-state index is 12.6. The third-order valence-electron chi connectivity index (χ3n) is 4.12. The largest absolute Gasteiger partial charge is 0.497 e. The van der Waals surface area contributed by atoms with Gasteiger partial charge in [0.15, 0.2) is 0 Å². The molecule has 0 heterocycles. The van der Waals surface area contributed by atoms with E-state index < -0.39 is 5.97 Å². The molecule has 0 unspecified atom stereocenters. The third-order valence-corrected chi connectivity index (χ3v) is 4.12. The normalized spacial score (nSPS) is 10.2. The van der Waals surface area contributed by atoms with Gasteiger partial charge in [0.2, 0.25) is 5.91 Å². The lowest BCUT2D eigenvalue weighted by molar-refractivity contribution is -0.138. The molecular weight excluding hydrogens is 360 g/mol. The number of carbonyl (C=O) groups is 3. The maximum Gasteiger partial charge on any atom is 0.303 e. The number of amides is 2. The van der Waals surface area contributed by atoms with Crippen molar-refractivity contribution in [1.29, 1.82) is 0 Å². The van der Waals surface area contributed by atoms with E-state index in [2.05, 4.69) is 5.32 Å². The van der Waals surface area contributed by atoms with E-state index in [0.717, 1.165) is 5.56 Å². The molecule has 0 radical (unpaired) electrons. The van der Waals surface area contributed by atoms with E-state index >= 15 is 0 Å². The summed E-state index contributed by atoms with van der Waals surface area (Å²) in [5.74, 6) is -1.00. The predicted octanol–water partition coefficient (Wildman–Crippen LogP) is 2.32. The number of methoxy groups -OCH3 is 1. The Morgan fingerprint density at radius 3 is 2.50 bits per heavy atom. The number of hydrogen-bond donors (Lipinski definition) is 2. The Morgan fingerprint density at radius 2 is 1.82 bits per heavy atom. The lowest BCUT2D eigenvalue weighted by Gasteiger charge is -2.23. The van der Waals surface area contributed by atoms with E-state index in [4.69, 9.17) is 9.84 Å². The minimum Gasteiger partial charge on any atom is -0.497 e. The molecule has 2 N–H and O–H groups in total. The van der Waals surface area contributed by atoms with Crippen LogP contribution in [0.1, 0.15) is 28.8 Å². The zero-order valence-electron chi connectivity index (χ0n) is 15.8. The van der Waals surface area contributed by atoms with Crippen LogP contribution >= 0.6 is 0 Å². The summed E-state index contributed by atoms with van der Waals surface area (Å²) in [4.78, 5) is 37.2. The van der Waals surface area contributed by atoms with Gasteiger partial charge in [0.25, 0.3) is 5.91 Å². The van der Waals surface area contributed by atoms with Crippen LogP contribution in [0.5, 0.6) is 5.75 Å². The summed E-state index contributed by atoms with van der Waals surface area (Å²) in [6.07, 6.45) is 0.326. The van der Waals surface area contributed by atoms with Crippen LogP contribution in [0.15, 0.2) is 54.6 Å². The van der Waals surface area contributed by atoms with Gasteiger partial charge >= 0.3 is 5.97 Å². The molecule has 2 rings (SSSR count). The molecule has 0 aliphatic heterocycles. The highest BCUT2D eigenvalue weighted by Gasteiger charge is 2.16. The van der Waals surface area contributed by atoms with Crippen molar-refractivity contribution in [2.75, 3.05) is 20.2 Å². The topological polar surface area (TPSA) is 95.9 Å². The van der Waals surface area contributed by atoms with Crippen LogP contribution in [0.25, 0.3) is 0 Å². The molecule has 0 aromatic heterocycles. The lowest BCUT2D eigenvalue weighted by Crippen LogP contribution is -2.40. The summed E-state index contributed by atoms with van der Waals surface area (Å²) in [7, 11) is 1.51. The SMILES string of the molecule is COc1cccc(C(=O)NCC(=O)N(CCCC(=O)O)Cc2ccccc2)c1. The second-order valence-electron chi connectivity index (χ2n) is 6.21. The monoisotopic (exact) mass is 384 g/mol. The van der Waals surface area contributed by atoms with Crippen molar-refractivity contribution in [2.24, 2.45) is 0 Å². The molecule has 0 aliphatic carbocycles. The molecule has 2 amide bonds. The molecule has 2 aromatic carbocycles. The summed E-state index contributed by atoms with van der Waals surface area (Å²) in [6, 6.07) is 16.1. The molecule has 7 nitrogen and oxygen atoms in total. The number of carbonyl (C=O) groups excluding carboxylic acids is 2. The van der Waals surface area contributed by atoms with Crippen LogP contribution in [0.4, 0.5) is 0 Å². The number of aliphatic carboxylic acids is 1. The van der Waals surface area contributed by atoms with Gasteiger partial charge in [-0.1, -0.05) is 36.4 Å². The van der Waals surface area contributed by atoms with Crippen molar-refractivity contribution in [1.82, 2.24) is 10.2 Å². The van der Waals surface area contributed by atoms with Gasteiger partial charge in [0, 0.05) is 25.1 Å². The molecule has 0 saturated heterocycles. The molecule has 148 valence electrons. The van der Waals surface area contributed by atoms with E-state index in [1.165, 1.54) is 7.11 Å². The summed E-state index contributed by atoms with van der Waals surface area (Å²) in [6.45, 7) is 0.485. The summed E-state index contributed by atoms with van der Waals surface area (Å²) in [5.41, 5.74) is 1.33. The van der Waals surface area contributed by atoms with Crippen molar-refractivity contribution in [3.8, 4) is 5.75 Å². The van der Waals surface area contributed by atoms with Crippen molar-refractivity contribution in [3.63, 3.8) is 0 Å². The number of carboxylic acid groups (broad SMARTS) is 1. The number of carboxylic acids is 1. The number of nitrogens with one attached hydrogen (secondary N) is 1. The first-order valence-electron chi connectivity index (χ1n) is 8.95. The number of benzene rings is 2. The van der Waals surface area contributed by atoms with Crippen molar-refractivity contribution in [3.05, 3.63) is 65.7 Å². The van der Waals surface area contributed by atoms with Gasteiger partial charge in [-0.25, -0.2) is 0 Å². The standard InChI is InChI=1S/C21H24N2O5/c1-28-18-10-5-9-17(13-18)21(27)22-14-19(24)23(12-6-11-20(25)26)15-16-7-3-2-4-8-16/h2-5,7-10,13H,6,11-12,14-15H2,1H3,(H,22,27)(H,25,26). The van der Waals surface area contributed by atoms with Gasteiger partial charge in [-0.3, -0.25) is 14.4 Å². The fourth-order valence-electron chi connectivity index (χ4n) is 2.65. The molecule has 0 fully saturated rings. The second-order valence-corrected chi connectivity index (χ2v) is 6.21. The van der Waals surface area contributed by atoms with Gasteiger partial charge in [0.05, 0.1) is 13.7 Å². The molecule has 0 spiro atoms. The number of rotatable bonds is 10. The Balaban J connectivity index is 1.97. The number of ether oxygens (including phenoxy) is 1. The molecule has 28 heavy (non-hydrogen) atoms. The van der Waals surface area contributed by atoms with E-state index in [9.17, 15) is 14.4 Å². The van der Waals surface area contributed by atoms with Gasteiger partial charge in [-0.05, 0) is 30.2 Å². The third kappa shape index (κ3) is 6.75. The van der Waals surface area contributed by atoms with E-state index in [0.29, 0.717) is 30.8 Å². The lowest BCUT2D eigenvalue weighted by atomic mass is 10.2. The van der Waals surface area contributed by atoms with Gasteiger partial charge in [-0.2, -0.15) is 0 Å². The van der Waals surface area contributed by atoms with Crippen LogP contribution < -0.4 is 10.1 Å². The van der Waals surface area contributed by atoms with Crippen LogP contribution in [0, 0.1) is 0 Å². The van der Waals surface area contributed by atoms with Crippen LogP contribution in [-0.4, -0.2) is 48.0 Å². The van der Waals surface area contributed by atoms with E-state index in [1.807, 2.05) is 30.3 Å². The minimum absolute atomic E-state index is 0.0191. The Labute approximate surface area is 163 Å². The quantitative estimate of drug-likeness (QED) is 0.655. The predicted molar refractivity (Wildman–Crippen MR) is 104 cm³/mol. The zero-order chi connectivity index (χ0) is 20.4. The highest BCUT2D eigenvalue weighted by molar-refractivity contribution is 5.96. The summed E-state index contributed by atoms with van der Waals surface area (Å²) < 4.78 is 5.10. The molecule has 0 saturated carbocycles. The van der Waals surface area contributed by atoms with Crippen LogP contribution in [-0.2, 0) is 16.1 Å². The van der Waals surface area contributed by atoms with E-state index in [-0.39, 0.29) is 24.8 Å². The Bertz CT molecular complexity index is 807. The first-order chi connectivity index (χ1) is 13.5. The number of nitrogens with zero attached hydrogens (tertiary/aromatic N) is 1. The summed E-state index contributed by atoms with van der Waals surface area (Å²) in [5, 5.41) is 11.4. The first-order valence-corrected chi connectivity index (χ1v) is 8.95. The fraction of sp³-hybridized carbons (Fsp3) is 0.286. The minimum atomic E-state index is -0.904. The van der Waals surface area contributed by atoms with Crippen molar-refractivity contribution < 1.29 is 24.2 Å². The molecule has 7 heteroatoms. The van der Waals surface area contributed by atoms with Crippen molar-refractivity contribution >= 4 is 17.8 Å². The van der Waals surface area contributed by atoms with Crippen molar-refractivity contribution in [2.45, 2.75) is 19.4 Å².